The summed E-state index contributed by atoms with van der Waals surface area (Å²) >= 11 is 17.3. The smallest absolute Gasteiger partial charge is 0.309 e. The van der Waals surface area contributed by atoms with Crippen LogP contribution in [0.1, 0.15) is 20.8 Å². The Kier molecular flexibility index (Phi) is 6.76. The predicted octanol–water partition coefficient (Wildman–Crippen LogP) is 3.83. The average Bonchev–Trinajstić information content (AvgIpc) is 2.26. The van der Waals surface area contributed by atoms with E-state index in [0.29, 0.717) is 18.4 Å². The van der Waals surface area contributed by atoms with Crippen LogP contribution in [0.5, 0.6) is 0 Å². The van der Waals surface area contributed by atoms with Gasteiger partial charge in [0.2, 0.25) is 0 Å². The molecule has 0 aliphatic carbocycles. The molecule has 104 valence electrons. The van der Waals surface area contributed by atoms with Crippen LogP contribution < -0.4 is 0 Å². The van der Waals surface area contributed by atoms with Gasteiger partial charge in [-0.25, -0.2) is 4.99 Å². The molecule has 0 amide bonds. The van der Waals surface area contributed by atoms with E-state index in [1.807, 2.05) is 20.8 Å². The van der Waals surface area contributed by atoms with Crippen molar-refractivity contribution in [1.29, 1.82) is 0 Å². The first kappa shape index (κ1) is 16.6. The van der Waals surface area contributed by atoms with E-state index in [-0.39, 0.29) is 0 Å². The second-order valence-electron chi connectivity index (χ2n) is 3.49. The molecule has 1 heterocycles. The minimum absolute atomic E-state index is 0.367. The number of alkyl halides is 1. The fourth-order valence-corrected chi connectivity index (χ4v) is 4.00. The number of aliphatic imine (C=N–C) groups is 1. The van der Waals surface area contributed by atoms with Crippen LogP contribution in [0, 0.1) is 0 Å². The van der Waals surface area contributed by atoms with Gasteiger partial charge in [-0.15, -0.1) is 11.6 Å². The molecule has 0 spiro atoms. The van der Waals surface area contributed by atoms with E-state index in [0.717, 1.165) is 5.57 Å². The van der Waals surface area contributed by atoms with Gasteiger partial charge in [-0.1, -0.05) is 17.7 Å². The van der Waals surface area contributed by atoms with E-state index in [9.17, 15) is 0 Å². The third-order valence-electron chi connectivity index (χ3n) is 2.06. The van der Waals surface area contributed by atoms with Crippen molar-refractivity contribution < 1.29 is 13.6 Å². The van der Waals surface area contributed by atoms with Gasteiger partial charge in [0.05, 0.1) is 18.6 Å². The maximum absolute atomic E-state index is 6.14. The van der Waals surface area contributed by atoms with Gasteiger partial charge in [0.15, 0.2) is 6.23 Å². The Bertz CT molecular complexity index is 393. The second-order valence-corrected chi connectivity index (χ2v) is 7.32. The fraction of sp³-hybridized carbons (Fsp3) is 0.700. The molecule has 18 heavy (non-hydrogen) atoms. The summed E-state index contributed by atoms with van der Waals surface area (Å²) in [4.78, 5) is 4.15. The summed E-state index contributed by atoms with van der Waals surface area (Å²) in [5, 5.41) is -0.0674. The fourth-order valence-electron chi connectivity index (χ4n) is 1.30. The van der Waals surface area contributed by atoms with E-state index in [1.165, 1.54) is 0 Å². The Balaban J connectivity index is 2.80. The zero-order chi connectivity index (χ0) is 13.8. The summed E-state index contributed by atoms with van der Waals surface area (Å²) in [5.74, 6) is 0. The van der Waals surface area contributed by atoms with Crippen molar-refractivity contribution in [2.24, 2.45) is 4.99 Å². The van der Waals surface area contributed by atoms with E-state index >= 15 is 0 Å². The van der Waals surface area contributed by atoms with Gasteiger partial charge in [0.1, 0.15) is 5.17 Å². The second kappa shape index (κ2) is 7.34. The highest BCUT2D eigenvalue weighted by Crippen LogP contribution is 2.52. The monoisotopic (exact) mass is 331 g/mol. The summed E-state index contributed by atoms with van der Waals surface area (Å²) in [6.07, 6.45) is 1.10. The molecule has 0 radical (unpaired) electrons. The van der Waals surface area contributed by atoms with Crippen molar-refractivity contribution in [2.75, 3.05) is 13.2 Å². The molecule has 0 fully saturated rings. The minimum atomic E-state index is -2.82. The minimum Gasteiger partial charge on any atom is -0.309 e. The van der Waals surface area contributed by atoms with Crippen LogP contribution in [-0.4, -0.2) is 30.0 Å². The highest BCUT2D eigenvalue weighted by atomic mass is 35.5. The maximum atomic E-state index is 6.14. The summed E-state index contributed by atoms with van der Waals surface area (Å²) in [7, 11) is 0. The van der Waals surface area contributed by atoms with Crippen LogP contribution in [0.15, 0.2) is 16.6 Å². The van der Waals surface area contributed by atoms with Crippen molar-refractivity contribution in [3.63, 3.8) is 0 Å². The summed E-state index contributed by atoms with van der Waals surface area (Å²) in [6.45, 7) is 3.47. The Morgan fingerprint density at radius 1 is 1.39 bits per heavy atom. The molecule has 0 aromatic carbocycles. The molecule has 1 aliphatic rings. The molecular weight excluding hydrogens is 316 g/mol. The van der Waals surface area contributed by atoms with Crippen molar-refractivity contribution in [3.05, 3.63) is 11.6 Å². The first-order chi connectivity index (χ1) is 8.41. The Morgan fingerprint density at radius 2 is 1.94 bits per heavy atom. The Hall–Kier alpha value is 0.520. The number of dihydropyridines is 1. The summed E-state index contributed by atoms with van der Waals surface area (Å²) < 4.78 is 16.4. The lowest BCUT2D eigenvalue weighted by atomic mass is 10.2. The number of halogens is 2. The highest BCUT2D eigenvalue weighted by Gasteiger charge is 2.31. The van der Waals surface area contributed by atoms with Gasteiger partial charge in [-0.3, -0.25) is 4.52 Å². The SMILES string of the molecule is CCOP(=S)(OCC)OC1N=C(Cl)C(C)=CC1Cl. The molecule has 1 rings (SSSR count). The van der Waals surface area contributed by atoms with Crippen LogP contribution in [0.4, 0.5) is 0 Å². The van der Waals surface area contributed by atoms with Gasteiger partial charge in [-0.2, -0.15) is 0 Å². The molecule has 0 aromatic rings. The average molecular weight is 332 g/mol. The van der Waals surface area contributed by atoms with Gasteiger partial charge in [-0.05, 0) is 38.2 Å². The topological polar surface area (TPSA) is 40.0 Å². The number of rotatable bonds is 6. The van der Waals surface area contributed by atoms with E-state index in [2.05, 4.69) is 4.99 Å². The number of nitrogens with zero attached hydrogens (tertiary/aromatic N) is 1. The largest absolute Gasteiger partial charge is 0.329 e. The van der Waals surface area contributed by atoms with E-state index in [1.54, 1.807) is 6.08 Å². The Morgan fingerprint density at radius 3 is 2.44 bits per heavy atom. The molecule has 2 unspecified atom stereocenters. The first-order valence-corrected chi connectivity index (χ1v) is 8.92. The van der Waals surface area contributed by atoms with Gasteiger partial charge >= 0.3 is 6.72 Å². The molecule has 0 N–H and O–H groups in total. The lowest BCUT2D eigenvalue weighted by molar-refractivity contribution is 0.127. The maximum Gasteiger partial charge on any atom is 0.329 e. The van der Waals surface area contributed by atoms with E-state index < -0.39 is 18.3 Å². The molecule has 0 saturated carbocycles. The van der Waals surface area contributed by atoms with Crippen molar-refractivity contribution in [1.82, 2.24) is 0 Å². The van der Waals surface area contributed by atoms with Crippen LogP contribution in [0.25, 0.3) is 0 Å². The lowest BCUT2D eigenvalue weighted by Crippen LogP contribution is -2.26. The molecule has 2 atom stereocenters. The zero-order valence-electron chi connectivity index (χ0n) is 10.4. The van der Waals surface area contributed by atoms with Gasteiger partial charge < -0.3 is 9.05 Å². The van der Waals surface area contributed by atoms with Gasteiger partial charge in [0, 0.05) is 0 Å². The number of allylic oxidation sites excluding steroid dienone is 1. The first-order valence-electron chi connectivity index (χ1n) is 5.55. The van der Waals surface area contributed by atoms with Crippen LogP contribution in [0.3, 0.4) is 0 Å². The normalized spacial score (nSPS) is 24.7. The zero-order valence-corrected chi connectivity index (χ0v) is 13.7. The molecular formula is C10H16Cl2NO3PS. The number of hydrogen-bond donors (Lipinski definition) is 0. The summed E-state index contributed by atoms with van der Waals surface area (Å²) in [5.41, 5.74) is 0.817. The quantitative estimate of drug-likeness (QED) is 0.547. The lowest BCUT2D eigenvalue weighted by Gasteiger charge is -2.27. The molecule has 8 heteroatoms. The highest BCUT2D eigenvalue weighted by molar-refractivity contribution is 8.07. The molecule has 0 aromatic heterocycles. The number of hydrogen-bond acceptors (Lipinski definition) is 5. The Labute approximate surface area is 123 Å². The van der Waals surface area contributed by atoms with Crippen molar-refractivity contribution in [2.45, 2.75) is 32.4 Å². The van der Waals surface area contributed by atoms with Crippen LogP contribution in [-0.2, 0) is 25.4 Å². The third kappa shape index (κ3) is 4.57. The predicted molar refractivity (Wildman–Crippen MR) is 79.1 cm³/mol. The third-order valence-corrected chi connectivity index (χ3v) is 5.31. The van der Waals surface area contributed by atoms with Crippen molar-refractivity contribution in [3.8, 4) is 0 Å². The van der Waals surface area contributed by atoms with Crippen LogP contribution in [0.2, 0.25) is 0 Å². The molecule has 1 aliphatic heterocycles. The van der Waals surface area contributed by atoms with Crippen molar-refractivity contribution >= 4 is 46.9 Å². The molecule has 4 nitrogen and oxygen atoms in total. The molecule has 0 saturated heterocycles. The van der Waals surface area contributed by atoms with E-state index in [4.69, 9.17) is 48.6 Å². The molecule has 0 bridgehead atoms. The summed E-state index contributed by atoms with van der Waals surface area (Å²) in [6, 6.07) is 0. The standard InChI is InChI=1S/C10H16Cl2NO3PS/c1-4-14-17(18,15-5-2)16-10-8(11)6-7(3)9(12)13-10/h6,8,10H,4-5H2,1-3H3. The van der Waals surface area contributed by atoms with Crippen LogP contribution >= 0.6 is 29.9 Å². The van der Waals surface area contributed by atoms with Gasteiger partial charge in [0.25, 0.3) is 0 Å².